The molecule has 1 saturated heterocycles. The predicted octanol–water partition coefficient (Wildman–Crippen LogP) is 0.818. The topological polar surface area (TPSA) is 60.3 Å². The van der Waals surface area contributed by atoms with Gasteiger partial charge in [-0.15, -0.1) is 0 Å². The Hall–Kier alpha value is -1.66. The summed E-state index contributed by atoms with van der Waals surface area (Å²) in [6.07, 6.45) is 1.57. The summed E-state index contributed by atoms with van der Waals surface area (Å²) >= 11 is 6.10. The van der Waals surface area contributed by atoms with Gasteiger partial charge in [-0.2, -0.15) is 5.10 Å². The number of morpholine rings is 1. The lowest BCUT2D eigenvalue weighted by Gasteiger charge is -2.27. The molecule has 3 heterocycles. The van der Waals surface area contributed by atoms with Crippen molar-refractivity contribution in [2.24, 2.45) is 7.05 Å². The second-order valence-corrected chi connectivity index (χ2v) is 4.77. The fourth-order valence-electron chi connectivity index (χ4n) is 2.16. The highest BCUT2D eigenvalue weighted by Crippen LogP contribution is 2.22. The van der Waals surface area contributed by atoms with Crippen LogP contribution in [-0.4, -0.2) is 41.1 Å². The van der Waals surface area contributed by atoms with Gasteiger partial charge in [0.15, 0.2) is 5.15 Å². The Morgan fingerprint density at radius 3 is 2.79 bits per heavy atom. The number of pyridine rings is 1. The first-order chi connectivity index (χ1) is 9.16. The quantitative estimate of drug-likeness (QED) is 0.774. The Kier molecular flexibility index (Phi) is 3.12. The first-order valence-corrected chi connectivity index (χ1v) is 6.40. The molecule has 0 aromatic carbocycles. The molecule has 0 amide bonds. The van der Waals surface area contributed by atoms with Crippen LogP contribution in [0.5, 0.6) is 0 Å². The largest absolute Gasteiger partial charge is 0.378 e. The summed E-state index contributed by atoms with van der Waals surface area (Å²) in [6.45, 7) is 2.94. The van der Waals surface area contributed by atoms with Gasteiger partial charge in [0.05, 0.1) is 18.6 Å². The minimum absolute atomic E-state index is 0.194. The number of ether oxygens (including phenoxy) is 1. The third kappa shape index (κ3) is 2.17. The molecule has 0 spiro atoms. The number of hydrogen-bond donors (Lipinski definition) is 0. The number of anilines is 1. The van der Waals surface area contributed by atoms with E-state index < -0.39 is 0 Å². The molecule has 1 aliphatic heterocycles. The van der Waals surface area contributed by atoms with Crippen LogP contribution in [0.4, 0.5) is 5.82 Å². The smallest absolute Gasteiger partial charge is 0.276 e. The van der Waals surface area contributed by atoms with E-state index in [1.807, 2.05) is 6.07 Å². The van der Waals surface area contributed by atoms with Gasteiger partial charge in [-0.1, -0.05) is 11.6 Å². The van der Waals surface area contributed by atoms with Gasteiger partial charge < -0.3 is 9.64 Å². The van der Waals surface area contributed by atoms with Crippen LogP contribution in [0.1, 0.15) is 0 Å². The lowest BCUT2D eigenvalue weighted by molar-refractivity contribution is 0.122. The molecule has 2 aromatic heterocycles. The molecule has 0 aliphatic carbocycles. The number of aryl methyl sites for hydroxylation is 1. The monoisotopic (exact) mass is 280 g/mol. The first kappa shape index (κ1) is 12.4. The summed E-state index contributed by atoms with van der Waals surface area (Å²) in [5, 5.41) is 5.43. The van der Waals surface area contributed by atoms with Gasteiger partial charge in [-0.3, -0.25) is 4.79 Å². The number of rotatable bonds is 1. The maximum absolute atomic E-state index is 11.9. The van der Waals surface area contributed by atoms with Gasteiger partial charge in [0.25, 0.3) is 5.56 Å². The molecule has 0 saturated carbocycles. The third-order valence-corrected chi connectivity index (χ3v) is 3.49. The van der Waals surface area contributed by atoms with E-state index in [-0.39, 0.29) is 5.56 Å². The maximum Gasteiger partial charge on any atom is 0.276 e. The van der Waals surface area contributed by atoms with Gasteiger partial charge >= 0.3 is 0 Å². The van der Waals surface area contributed by atoms with Crippen LogP contribution in [0.25, 0.3) is 10.8 Å². The van der Waals surface area contributed by atoms with Crippen LogP contribution >= 0.6 is 11.6 Å². The molecular weight excluding hydrogens is 268 g/mol. The molecule has 0 unspecified atom stereocenters. The van der Waals surface area contributed by atoms with Gasteiger partial charge in [0.1, 0.15) is 5.82 Å². The highest BCUT2D eigenvalue weighted by Gasteiger charge is 2.15. The lowest BCUT2D eigenvalue weighted by atomic mass is 10.2. The summed E-state index contributed by atoms with van der Waals surface area (Å²) in [7, 11) is 1.57. The molecule has 0 radical (unpaired) electrons. The second-order valence-electron chi connectivity index (χ2n) is 4.41. The minimum atomic E-state index is -0.194. The number of halogens is 1. The molecule has 1 aliphatic rings. The number of hydrogen-bond acceptors (Lipinski definition) is 5. The van der Waals surface area contributed by atoms with E-state index in [1.165, 1.54) is 4.68 Å². The van der Waals surface area contributed by atoms with Crippen LogP contribution in [0.15, 0.2) is 17.1 Å². The average Bonchev–Trinajstić information content (AvgIpc) is 2.45. The second kappa shape index (κ2) is 4.79. The van der Waals surface area contributed by atoms with Crippen LogP contribution < -0.4 is 10.5 Å². The number of aromatic nitrogens is 3. The molecule has 7 heteroatoms. The molecular formula is C12H13ClN4O2. The standard InChI is InChI=1S/C12H13ClN4O2/c1-16-12(18)9-7-14-10(6-8(9)11(13)15-16)17-2-4-19-5-3-17/h6-7H,2-5H2,1H3. The van der Waals surface area contributed by atoms with E-state index >= 15 is 0 Å². The van der Waals surface area contributed by atoms with Crippen molar-refractivity contribution in [1.29, 1.82) is 0 Å². The van der Waals surface area contributed by atoms with Crippen molar-refractivity contribution in [2.75, 3.05) is 31.2 Å². The van der Waals surface area contributed by atoms with E-state index in [1.54, 1.807) is 13.2 Å². The first-order valence-electron chi connectivity index (χ1n) is 6.02. The van der Waals surface area contributed by atoms with E-state index in [0.717, 1.165) is 18.9 Å². The van der Waals surface area contributed by atoms with Gasteiger partial charge in [0, 0.05) is 31.7 Å². The number of fused-ring (bicyclic) bond motifs is 1. The summed E-state index contributed by atoms with van der Waals surface area (Å²) < 4.78 is 6.53. The van der Waals surface area contributed by atoms with E-state index in [0.29, 0.717) is 29.1 Å². The lowest BCUT2D eigenvalue weighted by Crippen LogP contribution is -2.36. The van der Waals surface area contributed by atoms with E-state index in [9.17, 15) is 4.79 Å². The molecule has 2 aromatic rings. The van der Waals surface area contributed by atoms with Crippen LogP contribution in [-0.2, 0) is 11.8 Å². The van der Waals surface area contributed by atoms with Crippen molar-refractivity contribution < 1.29 is 4.74 Å². The van der Waals surface area contributed by atoms with Crippen molar-refractivity contribution in [3.8, 4) is 0 Å². The minimum Gasteiger partial charge on any atom is -0.378 e. The Morgan fingerprint density at radius 1 is 1.32 bits per heavy atom. The zero-order chi connectivity index (χ0) is 13.4. The molecule has 0 bridgehead atoms. The molecule has 0 atom stereocenters. The Bertz CT molecular complexity index is 679. The van der Waals surface area contributed by atoms with Crippen LogP contribution in [0, 0.1) is 0 Å². The van der Waals surface area contributed by atoms with Crippen LogP contribution in [0.2, 0.25) is 5.15 Å². The molecule has 3 rings (SSSR count). The predicted molar refractivity (Wildman–Crippen MR) is 72.8 cm³/mol. The highest BCUT2D eigenvalue weighted by molar-refractivity contribution is 6.34. The van der Waals surface area contributed by atoms with Gasteiger partial charge in [-0.25, -0.2) is 9.67 Å². The van der Waals surface area contributed by atoms with Crippen molar-refractivity contribution in [3.63, 3.8) is 0 Å². The van der Waals surface area contributed by atoms with Crippen molar-refractivity contribution in [3.05, 3.63) is 27.8 Å². The number of nitrogens with zero attached hydrogens (tertiary/aromatic N) is 4. The molecule has 0 N–H and O–H groups in total. The molecule has 19 heavy (non-hydrogen) atoms. The average molecular weight is 281 g/mol. The Labute approximate surface area is 114 Å². The summed E-state index contributed by atoms with van der Waals surface area (Å²) in [6, 6.07) is 1.82. The van der Waals surface area contributed by atoms with Crippen molar-refractivity contribution in [1.82, 2.24) is 14.8 Å². The Balaban J connectivity index is 2.13. The summed E-state index contributed by atoms with van der Waals surface area (Å²) in [5.74, 6) is 0.799. The highest BCUT2D eigenvalue weighted by atomic mass is 35.5. The molecule has 1 fully saturated rings. The fourth-order valence-corrected chi connectivity index (χ4v) is 2.43. The third-order valence-electron chi connectivity index (χ3n) is 3.21. The summed E-state index contributed by atoms with van der Waals surface area (Å²) in [4.78, 5) is 18.4. The van der Waals surface area contributed by atoms with Crippen molar-refractivity contribution in [2.45, 2.75) is 0 Å². The molecule has 6 nitrogen and oxygen atoms in total. The summed E-state index contributed by atoms with van der Waals surface area (Å²) in [5.41, 5.74) is -0.194. The zero-order valence-electron chi connectivity index (χ0n) is 10.5. The SMILES string of the molecule is Cn1nc(Cl)c2cc(N3CCOCC3)ncc2c1=O. The zero-order valence-corrected chi connectivity index (χ0v) is 11.2. The van der Waals surface area contributed by atoms with Crippen LogP contribution in [0.3, 0.4) is 0 Å². The van der Waals surface area contributed by atoms with E-state index in [4.69, 9.17) is 16.3 Å². The fraction of sp³-hybridized carbons (Fsp3) is 0.417. The van der Waals surface area contributed by atoms with Gasteiger partial charge in [0.2, 0.25) is 0 Å². The molecule has 100 valence electrons. The Morgan fingerprint density at radius 2 is 2.05 bits per heavy atom. The van der Waals surface area contributed by atoms with Crippen molar-refractivity contribution >= 4 is 28.2 Å². The maximum atomic E-state index is 11.9. The normalized spacial score (nSPS) is 16.0. The van der Waals surface area contributed by atoms with Gasteiger partial charge in [-0.05, 0) is 6.07 Å². The van der Waals surface area contributed by atoms with E-state index in [2.05, 4.69) is 15.0 Å².